The number of furan rings is 1. The Balaban J connectivity index is 1.22. The zero-order valence-electron chi connectivity index (χ0n) is 15.8. The van der Waals surface area contributed by atoms with Crippen LogP contribution in [0.4, 0.5) is 0 Å². The van der Waals surface area contributed by atoms with Crippen molar-refractivity contribution in [2.75, 3.05) is 13.3 Å². The van der Waals surface area contributed by atoms with Gasteiger partial charge in [0.05, 0.1) is 10.7 Å². The molecule has 0 bridgehead atoms. The van der Waals surface area contributed by atoms with Crippen LogP contribution in [0.2, 0.25) is 5.02 Å². The zero-order valence-corrected chi connectivity index (χ0v) is 16.6. The smallest absolute Gasteiger partial charge is 0.286 e. The quantitative estimate of drug-likeness (QED) is 0.564. The molecule has 2 aromatic heterocycles. The van der Waals surface area contributed by atoms with Crippen LogP contribution in [0.5, 0.6) is 17.2 Å². The summed E-state index contributed by atoms with van der Waals surface area (Å²) in [5, 5.41) is 7.74. The van der Waals surface area contributed by atoms with Crippen molar-refractivity contribution in [1.82, 2.24) is 15.1 Å². The minimum Gasteiger partial charge on any atom is -0.486 e. The number of halogens is 1. The van der Waals surface area contributed by atoms with Crippen LogP contribution < -0.4 is 19.5 Å². The van der Waals surface area contributed by atoms with E-state index in [1.165, 1.54) is 0 Å². The molecule has 0 saturated heterocycles. The monoisotopic (exact) mass is 417 g/mol. The van der Waals surface area contributed by atoms with Crippen molar-refractivity contribution in [1.29, 1.82) is 0 Å². The molecular formula is C20H20ClN3O5. The molecule has 1 aliphatic rings. The number of ether oxygens (including phenoxy) is 3. The lowest BCUT2D eigenvalue weighted by molar-refractivity contribution is 0.0920. The van der Waals surface area contributed by atoms with Crippen LogP contribution in [-0.4, -0.2) is 29.0 Å². The van der Waals surface area contributed by atoms with Gasteiger partial charge in [0, 0.05) is 25.4 Å². The van der Waals surface area contributed by atoms with Crippen LogP contribution in [-0.2, 0) is 13.2 Å². The Morgan fingerprint density at radius 1 is 1.28 bits per heavy atom. The van der Waals surface area contributed by atoms with Gasteiger partial charge in [0.15, 0.2) is 17.3 Å². The number of amides is 1. The van der Waals surface area contributed by atoms with E-state index in [1.54, 1.807) is 41.2 Å². The Morgan fingerprint density at radius 2 is 2.14 bits per heavy atom. The summed E-state index contributed by atoms with van der Waals surface area (Å²) in [6.45, 7) is 3.43. The molecule has 1 aliphatic heterocycles. The Labute approximate surface area is 172 Å². The highest BCUT2D eigenvalue weighted by Crippen LogP contribution is 2.35. The molecule has 4 rings (SSSR count). The van der Waals surface area contributed by atoms with Crippen LogP contribution in [0.1, 0.15) is 28.4 Å². The number of nitrogens with one attached hydrogen (secondary N) is 1. The molecule has 0 saturated carbocycles. The fraction of sp³-hybridized carbons (Fsp3) is 0.300. The predicted molar refractivity (Wildman–Crippen MR) is 105 cm³/mol. The van der Waals surface area contributed by atoms with Gasteiger partial charge in [0.25, 0.3) is 5.91 Å². The van der Waals surface area contributed by atoms with E-state index in [9.17, 15) is 4.79 Å². The van der Waals surface area contributed by atoms with Crippen molar-refractivity contribution in [3.05, 3.63) is 58.8 Å². The van der Waals surface area contributed by atoms with E-state index >= 15 is 0 Å². The molecule has 152 valence electrons. The fourth-order valence-corrected chi connectivity index (χ4v) is 2.99. The Morgan fingerprint density at radius 3 is 2.97 bits per heavy atom. The number of hydrogen-bond donors (Lipinski definition) is 1. The molecule has 9 heteroatoms. The maximum absolute atomic E-state index is 12.2. The maximum atomic E-state index is 12.2. The number of carbonyl (C=O) groups excluding carboxylic acids is 1. The molecule has 3 aromatic rings. The van der Waals surface area contributed by atoms with Crippen LogP contribution >= 0.6 is 11.6 Å². The number of benzene rings is 1. The Bertz CT molecular complexity index is 994. The summed E-state index contributed by atoms with van der Waals surface area (Å²) in [7, 11) is 0. The first-order chi connectivity index (χ1) is 14.1. The minimum absolute atomic E-state index is 0.201. The first kappa shape index (κ1) is 19.2. The lowest BCUT2D eigenvalue weighted by atomic mass is 10.3. The molecular weight excluding hydrogens is 398 g/mol. The summed E-state index contributed by atoms with van der Waals surface area (Å²) in [6.07, 6.45) is 2.50. The van der Waals surface area contributed by atoms with Gasteiger partial charge in [-0.3, -0.25) is 9.48 Å². The van der Waals surface area contributed by atoms with Gasteiger partial charge in [-0.15, -0.1) is 0 Å². The van der Waals surface area contributed by atoms with Gasteiger partial charge < -0.3 is 23.9 Å². The number of carbonyl (C=O) groups is 1. The van der Waals surface area contributed by atoms with Crippen molar-refractivity contribution < 1.29 is 23.4 Å². The molecule has 8 nitrogen and oxygen atoms in total. The molecule has 0 radical (unpaired) electrons. The summed E-state index contributed by atoms with van der Waals surface area (Å²) < 4.78 is 23.6. The lowest BCUT2D eigenvalue weighted by Gasteiger charge is -2.05. The van der Waals surface area contributed by atoms with E-state index in [0.29, 0.717) is 41.1 Å². The van der Waals surface area contributed by atoms with Crippen LogP contribution in [0.3, 0.4) is 0 Å². The molecule has 0 aliphatic carbocycles. The third-order valence-electron chi connectivity index (χ3n) is 4.35. The van der Waals surface area contributed by atoms with E-state index in [2.05, 4.69) is 10.4 Å². The van der Waals surface area contributed by atoms with Gasteiger partial charge in [-0.1, -0.05) is 11.6 Å². The average Bonchev–Trinajstić information content (AvgIpc) is 3.44. The molecule has 1 N–H and O–H groups in total. The van der Waals surface area contributed by atoms with E-state index in [-0.39, 0.29) is 25.1 Å². The molecule has 29 heavy (non-hydrogen) atoms. The van der Waals surface area contributed by atoms with Crippen molar-refractivity contribution in [2.24, 2.45) is 0 Å². The largest absolute Gasteiger partial charge is 0.486 e. The third-order valence-corrected chi connectivity index (χ3v) is 4.72. The summed E-state index contributed by atoms with van der Waals surface area (Å²) in [5.41, 5.74) is 0.793. The zero-order chi connectivity index (χ0) is 20.2. The first-order valence-electron chi connectivity index (χ1n) is 9.17. The van der Waals surface area contributed by atoms with Gasteiger partial charge in [0.2, 0.25) is 6.79 Å². The van der Waals surface area contributed by atoms with Crippen molar-refractivity contribution >= 4 is 17.5 Å². The first-order valence-corrected chi connectivity index (χ1v) is 9.55. The molecule has 1 aromatic carbocycles. The Kier molecular flexibility index (Phi) is 5.62. The Hall–Kier alpha value is -3.13. The summed E-state index contributed by atoms with van der Waals surface area (Å²) >= 11 is 5.98. The third kappa shape index (κ3) is 4.65. The average molecular weight is 418 g/mol. The van der Waals surface area contributed by atoms with Crippen LogP contribution in [0.25, 0.3) is 0 Å². The van der Waals surface area contributed by atoms with Gasteiger partial charge in [-0.05, 0) is 37.6 Å². The number of rotatable bonds is 8. The number of hydrogen-bond acceptors (Lipinski definition) is 6. The summed E-state index contributed by atoms with van der Waals surface area (Å²) in [6, 6.07) is 8.68. The number of aryl methyl sites for hydroxylation is 2. The van der Waals surface area contributed by atoms with E-state index in [0.717, 1.165) is 12.1 Å². The van der Waals surface area contributed by atoms with Gasteiger partial charge >= 0.3 is 0 Å². The minimum atomic E-state index is -0.269. The molecule has 0 unspecified atom stereocenters. The summed E-state index contributed by atoms with van der Waals surface area (Å²) in [4.78, 5) is 12.2. The highest BCUT2D eigenvalue weighted by atomic mass is 35.5. The second-order valence-electron chi connectivity index (χ2n) is 6.50. The molecule has 1 amide bonds. The number of nitrogens with zero attached hydrogens (tertiary/aromatic N) is 2. The number of fused-ring (bicyclic) bond motifs is 1. The summed E-state index contributed by atoms with van der Waals surface area (Å²) in [5.74, 6) is 2.50. The van der Waals surface area contributed by atoms with E-state index in [4.69, 9.17) is 30.2 Å². The predicted octanol–water partition coefficient (Wildman–Crippen LogP) is 3.57. The van der Waals surface area contributed by atoms with Gasteiger partial charge in [-0.25, -0.2) is 0 Å². The van der Waals surface area contributed by atoms with Crippen LogP contribution in [0, 0.1) is 6.92 Å². The van der Waals surface area contributed by atoms with Gasteiger partial charge in [0.1, 0.15) is 18.1 Å². The maximum Gasteiger partial charge on any atom is 0.286 e. The molecule has 0 fully saturated rings. The number of aromatic nitrogens is 2. The van der Waals surface area contributed by atoms with Crippen molar-refractivity contribution in [2.45, 2.75) is 26.5 Å². The second-order valence-corrected chi connectivity index (χ2v) is 6.91. The highest BCUT2D eigenvalue weighted by Gasteiger charge is 2.15. The molecule has 0 atom stereocenters. The fourth-order valence-electron chi connectivity index (χ4n) is 2.84. The molecule has 0 spiro atoms. The van der Waals surface area contributed by atoms with Crippen molar-refractivity contribution in [3.8, 4) is 17.2 Å². The second kappa shape index (κ2) is 8.48. The highest BCUT2D eigenvalue weighted by molar-refractivity contribution is 6.31. The van der Waals surface area contributed by atoms with E-state index in [1.807, 2.05) is 6.92 Å². The SMILES string of the molecule is Cc1nn(CCCNC(=O)c2ccc(COc3ccc4c(c3)OCO4)o2)cc1Cl. The van der Waals surface area contributed by atoms with Crippen LogP contribution in [0.15, 0.2) is 40.9 Å². The van der Waals surface area contributed by atoms with Gasteiger partial charge in [-0.2, -0.15) is 5.10 Å². The normalized spacial score (nSPS) is 12.2. The standard InChI is InChI=1S/C20H20ClN3O5/c1-13-16(21)10-24(23-13)8-2-7-22-20(25)18-6-4-15(29-18)11-26-14-3-5-17-19(9-14)28-12-27-17/h3-6,9-10H,2,7-8,11-12H2,1H3,(H,22,25). The van der Waals surface area contributed by atoms with E-state index < -0.39 is 0 Å². The molecule has 3 heterocycles. The topological polar surface area (TPSA) is 87.8 Å². The lowest BCUT2D eigenvalue weighted by Crippen LogP contribution is -2.24. The van der Waals surface area contributed by atoms with Crippen molar-refractivity contribution in [3.63, 3.8) is 0 Å².